The van der Waals surface area contributed by atoms with Crippen molar-refractivity contribution in [2.75, 3.05) is 13.1 Å². The molecule has 1 aliphatic heterocycles. The minimum absolute atomic E-state index is 0.0537. The van der Waals surface area contributed by atoms with Gasteiger partial charge in [0.25, 0.3) is 5.91 Å². The van der Waals surface area contributed by atoms with E-state index >= 15 is 0 Å². The summed E-state index contributed by atoms with van der Waals surface area (Å²) in [7, 11) is 0. The molecule has 1 aromatic carbocycles. The molecule has 1 fully saturated rings. The standard InChI is InChI=1S/C13H11Cl3N2O4/c1-6(11(19)18-5-4-17-13(18)21)22-12(20)9-7(14)2-3-8(15)10(9)16/h2-3,6H,4-5H2,1H3,(H,17,21). The molecule has 0 aliphatic carbocycles. The number of carbonyl (C=O) groups is 3. The zero-order valence-corrected chi connectivity index (χ0v) is 13.6. The molecule has 0 bridgehead atoms. The summed E-state index contributed by atoms with van der Waals surface area (Å²) in [6, 6.07) is 2.31. The summed E-state index contributed by atoms with van der Waals surface area (Å²) in [6.07, 6.45) is -1.16. The first-order valence-corrected chi connectivity index (χ1v) is 7.40. The van der Waals surface area contributed by atoms with Crippen molar-refractivity contribution >= 4 is 52.7 Å². The van der Waals surface area contributed by atoms with Gasteiger partial charge < -0.3 is 10.1 Å². The lowest BCUT2D eigenvalue weighted by Crippen LogP contribution is -2.41. The summed E-state index contributed by atoms with van der Waals surface area (Å²) >= 11 is 17.7. The Bertz CT molecular complexity index is 650. The van der Waals surface area contributed by atoms with Crippen LogP contribution in [0, 0.1) is 0 Å². The summed E-state index contributed by atoms with van der Waals surface area (Å²) in [4.78, 5) is 36.6. The van der Waals surface area contributed by atoms with Crippen LogP contribution in [0.3, 0.4) is 0 Å². The average Bonchev–Trinajstić information content (AvgIpc) is 2.88. The van der Waals surface area contributed by atoms with E-state index in [0.29, 0.717) is 6.54 Å². The van der Waals surface area contributed by atoms with Crippen LogP contribution < -0.4 is 5.32 Å². The molecule has 0 radical (unpaired) electrons. The Balaban J connectivity index is 2.13. The second-order valence-corrected chi connectivity index (χ2v) is 5.68. The molecule has 1 saturated heterocycles. The molecule has 2 rings (SSSR count). The van der Waals surface area contributed by atoms with E-state index in [0.717, 1.165) is 4.90 Å². The van der Waals surface area contributed by atoms with Crippen molar-refractivity contribution in [2.24, 2.45) is 0 Å². The molecule has 1 aliphatic rings. The van der Waals surface area contributed by atoms with Gasteiger partial charge in [0.2, 0.25) is 0 Å². The number of ether oxygens (including phenoxy) is 1. The zero-order valence-electron chi connectivity index (χ0n) is 11.4. The van der Waals surface area contributed by atoms with Crippen LogP contribution in [0.2, 0.25) is 15.1 Å². The van der Waals surface area contributed by atoms with Crippen LogP contribution in [0.15, 0.2) is 12.1 Å². The molecular weight excluding hydrogens is 355 g/mol. The molecule has 0 saturated carbocycles. The number of hydrogen-bond donors (Lipinski definition) is 1. The molecule has 3 amide bonds. The van der Waals surface area contributed by atoms with Crippen molar-refractivity contribution in [3.63, 3.8) is 0 Å². The monoisotopic (exact) mass is 364 g/mol. The van der Waals surface area contributed by atoms with Gasteiger partial charge >= 0.3 is 12.0 Å². The van der Waals surface area contributed by atoms with Gasteiger partial charge in [-0.05, 0) is 19.1 Å². The lowest BCUT2D eigenvalue weighted by molar-refractivity contribution is -0.136. The van der Waals surface area contributed by atoms with E-state index in [4.69, 9.17) is 39.5 Å². The predicted molar refractivity (Wildman–Crippen MR) is 81.5 cm³/mol. The maximum atomic E-state index is 12.1. The number of halogens is 3. The number of hydrogen-bond acceptors (Lipinski definition) is 4. The first-order chi connectivity index (χ1) is 10.3. The molecule has 118 valence electrons. The van der Waals surface area contributed by atoms with Crippen molar-refractivity contribution in [3.8, 4) is 0 Å². The number of amides is 3. The third-order valence-corrected chi connectivity index (χ3v) is 4.12. The maximum absolute atomic E-state index is 12.1. The van der Waals surface area contributed by atoms with E-state index in [9.17, 15) is 14.4 Å². The van der Waals surface area contributed by atoms with Gasteiger partial charge in [-0.1, -0.05) is 34.8 Å². The van der Waals surface area contributed by atoms with E-state index in [1.54, 1.807) is 0 Å². The maximum Gasteiger partial charge on any atom is 0.342 e. The molecule has 22 heavy (non-hydrogen) atoms. The third kappa shape index (κ3) is 3.29. The fraction of sp³-hybridized carbons (Fsp3) is 0.308. The van der Waals surface area contributed by atoms with Crippen LogP contribution in [-0.2, 0) is 9.53 Å². The van der Waals surface area contributed by atoms with E-state index < -0.39 is 24.0 Å². The van der Waals surface area contributed by atoms with Crippen LogP contribution >= 0.6 is 34.8 Å². The highest BCUT2D eigenvalue weighted by molar-refractivity contribution is 6.46. The number of nitrogens with zero attached hydrogens (tertiary/aromatic N) is 1. The number of imide groups is 1. The smallest absolute Gasteiger partial charge is 0.342 e. The lowest BCUT2D eigenvalue weighted by atomic mass is 10.2. The molecule has 0 spiro atoms. The summed E-state index contributed by atoms with van der Waals surface area (Å²) in [5.74, 6) is -1.52. The Morgan fingerprint density at radius 2 is 1.91 bits per heavy atom. The van der Waals surface area contributed by atoms with Crippen molar-refractivity contribution in [2.45, 2.75) is 13.0 Å². The highest BCUT2D eigenvalue weighted by atomic mass is 35.5. The Labute approximate surface area is 141 Å². The van der Waals surface area contributed by atoms with Crippen LogP contribution in [0.1, 0.15) is 17.3 Å². The van der Waals surface area contributed by atoms with Gasteiger partial charge in [-0.3, -0.25) is 9.69 Å². The van der Waals surface area contributed by atoms with E-state index in [1.165, 1.54) is 19.1 Å². The highest BCUT2D eigenvalue weighted by Gasteiger charge is 2.32. The predicted octanol–water partition coefficient (Wildman–Crippen LogP) is 2.74. The Kier molecular flexibility index (Phi) is 5.16. The van der Waals surface area contributed by atoms with E-state index in [2.05, 4.69) is 5.32 Å². The summed E-state index contributed by atoms with van der Waals surface area (Å²) in [5.41, 5.74) is -0.124. The van der Waals surface area contributed by atoms with Gasteiger partial charge in [0, 0.05) is 13.1 Å². The van der Waals surface area contributed by atoms with Crippen molar-refractivity contribution in [3.05, 3.63) is 32.8 Å². The third-order valence-electron chi connectivity index (χ3n) is 3.00. The summed E-state index contributed by atoms with van der Waals surface area (Å²) in [5, 5.41) is 2.61. The molecule has 1 heterocycles. The SMILES string of the molecule is CC(OC(=O)c1c(Cl)ccc(Cl)c1Cl)C(=O)N1CCNC1=O. The van der Waals surface area contributed by atoms with Crippen LogP contribution in [0.25, 0.3) is 0 Å². The normalized spacial score (nSPS) is 15.5. The van der Waals surface area contributed by atoms with Crippen LogP contribution in [-0.4, -0.2) is 42.0 Å². The first-order valence-electron chi connectivity index (χ1n) is 6.26. The van der Waals surface area contributed by atoms with Gasteiger partial charge in [-0.2, -0.15) is 0 Å². The molecule has 1 unspecified atom stereocenters. The number of benzene rings is 1. The van der Waals surface area contributed by atoms with Gasteiger partial charge in [0.05, 0.1) is 20.6 Å². The number of carbonyl (C=O) groups excluding carboxylic acids is 3. The number of esters is 1. The van der Waals surface area contributed by atoms with Gasteiger partial charge in [0.15, 0.2) is 6.10 Å². The van der Waals surface area contributed by atoms with Gasteiger partial charge in [-0.15, -0.1) is 0 Å². The quantitative estimate of drug-likeness (QED) is 0.660. The number of urea groups is 1. The van der Waals surface area contributed by atoms with Crippen molar-refractivity contribution < 1.29 is 19.1 Å². The molecule has 1 atom stereocenters. The first kappa shape index (κ1) is 16.9. The molecule has 1 N–H and O–H groups in total. The topological polar surface area (TPSA) is 75.7 Å². The fourth-order valence-electron chi connectivity index (χ4n) is 1.89. The molecule has 6 nitrogen and oxygen atoms in total. The second kappa shape index (κ2) is 6.73. The molecular formula is C13H11Cl3N2O4. The minimum atomic E-state index is -1.16. The van der Waals surface area contributed by atoms with Crippen LogP contribution in [0.5, 0.6) is 0 Å². The largest absolute Gasteiger partial charge is 0.449 e. The van der Waals surface area contributed by atoms with Gasteiger partial charge in [0.1, 0.15) is 0 Å². The molecule has 9 heteroatoms. The fourth-order valence-corrected chi connectivity index (χ4v) is 2.57. The lowest BCUT2D eigenvalue weighted by Gasteiger charge is -2.18. The average molecular weight is 366 g/mol. The Hall–Kier alpha value is -1.50. The second-order valence-electron chi connectivity index (χ2n) is 4.49. The zero-order chi connectivity index (χ0) is 16.4. The van der Waals surface area contributed by atoms with Crippen molar-refractivity contribution in [1.29, 1.82) is 0 Å². The van der Waals surface area contributed by atoms with E-state index in [-0.39, 0.29) is 27.2 Å². The van der Waals surface area contributed by atoms with Crippen molar-refractivity contribution in [1.82, 2.24) is 10.2 Å². The Morgan fingerprint density at radius 3 is 2.50 bits per heavy atom. The molecule has 1 aromatic rings. The number of nitrogens with one attached hydrogen (secondary N) is 1. The highest BCUT2D eigenvalue weighted by Crippen LogP contribution is 2.32. The van der Waals surface area contributed by atoms with E-state index in [1.807, 2.05) is 0 Å². The van der Waals surface area contributed by atoms with Crippen LogP contribution in [0.4, 0.5) is 4.79 Å². The Morgan fingerprint density at radius 1 is 1.27 bits per heavy atom. The number of rotatable bonds is 3. The molecule has 0 aromatic heterocycles. The van der Waals surface area contributed by atoms with Gasteiger partial charge in [-0.25, -0.2) is 9.59 Å². The minimum Gasteiger partial charge on any atom is -0.449 e. The summed E-state index contributed by atoms with van der Waals surface area (Å²) < 4.78 is 5.04. The summed E-state index contributed by atoms with van der Waals surface area (Å²) in [6.45, 7) is 1.94.